The Morgan fingerprint density at radius 1 is 1.10 bits per heavy atom. The second-order valence-electron chi connectivity index (χ2n) is 4.35. The minimum Gasteiger partial charge on any atom is -0.497 e. The highest BCUT2D eigenvalue weighted by Crippen LogP contribution is 2.17. The molecule has 0 N–H and O–H groups in total. The van der Waals surface area contributed by atoms with E-state index < -0.39 is 17.1 Å². The second kappa shape index (κ2) is 4.90. The van der Waals surface area contributed by atoms with Crippen LogP contribution in [0.2, 0.25) is 0 Å². The first-order chi connectivity index (χ1) is 10.1. The molecular weight excluding hydrogens is 277 g/mol. The Morgan fingerprint density at radius 3 is 2.48 bits per heavy atom. The van der Waals surface area contributed by atoms with E-state index in [1.807, 2.05) is 0 Å². The van der Waals surface area contributed by atoms with Gasteiger partial charge in [0.2, 0.25) is 0 Å². The van der Waals surface area contributed by atoms with Gasteiger partial charge in [0.05, 0.1) is 18.2 Å². The Balaban J connectivity index is 2.32. The number of hydrogen-bond donors (Lipinski definition) is 0. The van der Waals surface area contributed by atoms with E-state index in [1.165, 1.54) is 43.5 Å². The monoisotopic (exact) mass is 287 g/mol. The highest BCUT2D eigenvalue weighted by molar-refractivity contribution is 5.77. The zero-order chi connectivity index (χ0) is 15.0. The van der Waals surface area contributed by atoms with Crippen molar-refractivity contribution in [3.8, 4) is 11.4 Å². The van der Waals surface area contributed by atoms with Gasteiger partial charge in [0.1, 0.15) is 17.1 Å². The van der Waals surface area contributed by atoms with E-state index in [-0.39, 0.29) is 16.7 Å². The van der Waals surface area contributed by atoms with Crippen molar-refractivity contribution in [1.29, 1.82) is 0 Å². The number of halogens is 1. The molecule has 0 fully saturated rings. The molecule has 3 aromatic rings. The molecule has 1 heterocycles. The Hall–Kier alpha value is -2.89. The predicted molar refractivity (Wildman–Crippen MR) is 74.6 cm³/mol. The molecule has 5 nitrogen and oxygen atoms in total. The van der Waals surface area contributed by atoms with Crippen molar-refractivity contribution >= 4 is 11.0 Å². The third kappa shape index (κ3) is 2.20. The lowest BCUT2D eigenvalue weighted by atomic mass is 10.2. The Labute approximate surface area is 117 Å². The summed E-state index contributed by atoms with van der Waals surface area (Å²) in [6, 6.07) is 9.58. The number of rotatable bonds is 2. The third-order valence-corrected chi connectivity index (χ3v) is 3.09. The molecular formula is C15H10FNO4. The standard InChI is InChI=1S/C15H10FNO4/c1-20-11-6-7-12-13(8-11)21-15(19)17(14(12)18)10-4-2-9(16)3-5-10/h2-8H,1H3. The van der Waals surface area contributed by atoms with Gasteiger partial charge in [-0.1, -0.05) is 0 Å². The molecule has 0 atom stereocenters. The fraction of sp³-hybridized carbons (Fsp3) is 0.0667. The summed E-state index contributed by atoms with van der Waals surface area (Å²) in [5.41, 5.74) is -0.147. The van der Waals surface area contributed by atoms with Gasteiger partial charge >= 0.3 is 5.76 Å². The van der Waals surface area contributed by atoms with Gasteiger partial charge in [-0.25, -0.2) is 13.8 Å². The molecule has 0 spiro atoms. The molecule has 2 aromatic carbocycles. The predicted octanol–water partition coefficient (Wildman–Crippen LogP) is 2.09. The molecule has 0 amide bonds. The van der Waals surface area contributed by atoms with E-state index in [0.717, 1.165) is 4.57 Å². The van der Waals surface area contributed by atoms with Crippen LogP contribution in [-0.2, 0) is 0 Å². The van der Waals surface area contributed by atoms with Crippen LogP contribution < -0.4 is 16.1 Å². The Bertz CT molecular complexity index is 925. The first kappa shape index (κ1) is 13.1. The topological polar surface area (TPSA) is 61.4 Å². The minimum absolute atomic E-state index is 0.141. The summed E-state index contributed by atoms with van der Waals surface area (Å²) in [6.45, 7) is 0. The van der Waals surface area contributed by atoms with Crippen LogP contribution >= 0.6 is 0 Å². The van der Waals surface area contributed by atoms with Gasteiger partial charge in [0.15, 0.2) is 0 Å². The number of methoxy groups -OCH3 is 1. The van der Waals surface area contributed by atoms with E-state index in [1.54, 1.807) is 6.07 Å². The fourth-order valence-electron chi connectivity index (χ4n) is 2.05. The van der Waals surface area contributed by atoms with Crippen LogP contribution in [0.25, 0.3) is 16.7 Å². The molecule has 3 rings (SSSR count). The number of hydrogen-bond acceptors (Lipinski definition) is 4. The number of fused-ring (bicyclic) bond motifs is 1. The molecule has 106 valence electrons. The first-order valence-electron chi connectivity index (χ1n) is 6.10. The fourth-order valence-corrected chi connectivity index (χ4v) is 2.05. The van der Waals surface area contributed by atoms with Crippen LogP contribution in [0.5, 0.6) is 5.75 Å². The van der Waals surface area contributed by atoms with Crippen molar-refractivity contribution in [3.63, 3.8) is 0 Å². The molecule has 0 aliphatic rings. The lowest BCUT2D eigenvalue weighted by Gasteiger charge is -2.06. The number of ether oxygens (including phenoxy) is 1. The minimum atomic E-state index is -0.840. The van der Waals surface area contributed by atoms with Gasteiger partial charge in [-0.05, 0) is 36.4 Å². The van der Waals surface area contributed by atoms with Crippen LogP contribution in [0.1, 0.15) is 0 Å². The van der Waals surface area contributed by atoms with Crippen LogP contribution in [0, 0.1) is 5.82 Å². The van der Waals surface area contributed by atoms with E-state index in [0.29, 0.717) is 5.75 Å². The Kier molecular flexibility index (Phi) is 3.06. The SMILES string of the molecule is COc1ccc2c(=O)n(-c3ccc(F)cc3)c(=O)oc2c1. The molecule has 0 aliphatic heterocycles. The van der Waals surface area contributed by atoms with Crippen molar-refractivity contribution < 1.29 is 13.5 Å². The van der Waals surface area contributed by atoms with E-state index in [9.17, 15) is 14.0 Å². The van der Waals surface area contributed by atoms with E-state index in [4.69, 9.17) is 9.15 Å². The van der Waals surface area contributed by atoms with Gasteiger partial charge in [-0.2, -0.15) is 0 Å². The normalized spacial score (nSPS) is 10.8. The molecule has 0 unspecified atom stereocenters. The number of aromatic nitrogens is 1. The second-order valence-corrected chi connectivity index (χ2v) is 4.35. The zero-order valence-corrected chi connectivity index (χ0v) is 11.0. The van der Waals surface area contributed by atoms with Crippen LogP contribution in [-0.4, -0.2) is 11.7 Å². The van der Waals surface area contributed by atoms with Gasteiger partial charge < -0.3 is 9.15 Å². The van der Waals surface area contributed by atoms with Gasteiger partial charge in [-0.15, -0.1) is 0 Å². The molecule has 0 bridgehead atoms. The summed E-state index contributed by atoms with van der Waals surface area (Å²) in [5.74, 6) is -0.821. The van der Waals surface area contributed by atoms with Crippen LogP contribution in [0.3, 0.4) is 0 Å². The molecule has 0 radical (unpaired) electrons. The highest BCUT2D eigenvalue weighted by Gasteiger charge is 2.12. The smallest absolute Gasteiger partial charge is 0.426 e. The van der Waals surface area contributed by atoms with Crippen molar-refractivity contribution in [2.45, 2.75) is 0 Å². The average Bonchev–Trinajstić information content (AvgIpc) is 2.48. The number of nitrogens with zero attached hydrogens (tertiary/aromatic N) is 1. The molecule has 21 heavy (non-hydrogen) atoms. The average molecular weight is 287 g/mol. The van der Waals surface area contributed by atoms with Crippen molar-refractivity contribution in [1.82, 2.24) is 4.57 Å². The maximum absolute atomic E-state index is 12.9. The van der Waals surface area contributed by atoms with Gasteiger partial charge in [-0.3, -0.25) is 4.79 Å². The lowest BCUT2D eigenvalue weighted by Crippen LogP contribution is -2.30. The van der Waals surface area contributed by atoms with E-state index in [2.05, 4.69) is 0 Å². The Morgan fingerprint density at radius 2 is 1.81 bits per heavy atom. The third-order valence-electron chi connectivity index (χ3n) is 3.09. The van der Waals surface area contributed by atoms with Crippen LogP contribution in [0.4, 0.5) is 4.39 Å². The maximum atomic E-state index is 12.9. The molecule has 0 aliphatic carbocycles. The van der Waals surface area contributed by atoms with Crippen molar-refractivity contribution in [3.05, 3.63) is 69.2 Å². The van der Waals surface area contributed by atoms with E-state index >= 15 is 0 Å². The lowest BCUT2D eigenvalue weighted by molar-refractivity contribution is 0.413. The summed E-state index contributed by atoms with van der Waals surface area (Å²) in [7, 11) is 1.47. The summed E-state index contributed by atoms with van der Waals surface area (Å²) < 4.78 is 23.9. The molecule has 6 heteroatoms. The molecule has 0 saturated heterocycles. The van der Waals surface area contributed by atoms with Crippen LogP contribution in [0.15, 0.2) is 56.5 Å². The quantitative estimate of drug-likeness (QED) is 0.724. The number of benzene rings is 2. The van der Waals surface area contributed by atoms with Crippen molar-refractivity contribution in [2.75, 3.05) is 7.11 Å². The summed E-state index contributed by atoms with van der Waals surface area (Å²) >= 11 is 0. The van der Waals surface area contributed by atoms with Gasteiger partial charge in [0, 0.05) is 6.07 Å². The molecule has 0 saturated carbocycles. The summed E-state index contributed by atoms with van der Waals surface area (Å²) in [4.78, 5) is 24.4. The summed E-state index contributed by atoms with van der Waals surface area (Å²) in [5, 5.41) is 0.236. The highest BCUT2D eigenvalue weighted by atomic mass is 19.1. The summed E-state index contributed by atoms with van der Waals surface area (Å²) in [6.07, 6.45) is 0. The van der Waals surface area contributed by atoms with Gasteiger partial charge in [0.25, 0.3) is 5.56 Å². The zero-order valence-electron chi connectivity index (χ0n) is 11.0. The first-order valence-corrected chi connectivity index (χ1v) is 6.10. The molecule has 1 aromatic heterocycles. The van der Waals surface area contributed by atoms with Crippen molar-refractivity contribution in [2.24, 2.45) is 0 Å². The largest absolute Gasteiger partial charge is 0.497 e. The maximum Gasteiger partial charge on any atom is 0.426 e.